The molecule has 3 rings (SSSR count). The second-order valence-corrected chi connectivity index (χ2v) is 7.79. The summed E-state index contributed by atoms with van der Waals surface area (Å²) in [6, 6.07) is 17.8. The maximum Gasteiger partial charge on any atom is 0.109 e. The molecular formula is C22H29ClN2O3. The van der Waals surface area contributed by atoms with Crippen LogP contribution in [0.1, 0.15) is 11.1 Å². The van der Waals surface area contributed by atoms with Gasteiger partial charge in [0.25, 0.3) is 0 Å². The number of aliphatic hydroxyl groups is 2. The molecular weight excluding hydrogens is 376 g/mol. The van der Waals surface area contributed by atoms with E-state index in [1.165, 1.54) is 5.56 Å². The van der Waals surface area contributed by atoms with Crippen molar-refractivity contribution in [3.05, 3.63) is 70.7 Å². The minimum absolute atomic E-state index is 0.173. The summed E-state index contributed by atoms with van der Waals surface area (Å²) in [5, 5.41) is 24.3. The maximum atomic E-state index is 10.7. The SMILES string of the molecule is CN(CCc1ccccc1)[C@@H]1[C@H](O)[C@H](CO)O[C@@H]1CNCc1cccc(Cl)c1. The molecule has 6 heteroatoms. The molecule has 1 heterocycles. The average molecular weight is 405 g/mol. The summed E-state index contributed by atoms with van der Waals surface area (Å²) >= 11 is 6.04. The number of benzene rings is 2. The standard InChI is InChI=1S/C22H29ClN2O3/c1-25(11-10-16-6-3-2-4-7-16)21-19(28-20(15-26)22(21)27)14-24-13-17-8-5-9-18(23)12-17/h2-9,12,19-22,24,26-27H,10-11,13-15H2,1H3/t19-,20+,21+,22-/m1/s1. The van der Waals surface area contributed by atoms with Crippen molar-refractivity contribution in [2.24, 2.45) is 0 Å². The first kappa shape index (κ1) is 21.2. The highest BCUT2D eigenvalue weighted by Gasteiger charge is 2.44. The molecule has 0 aromatic heterocycles. The lowest BCUT2D eigenvalue weighted by Crippen LogP contribution is -2.49. The van der Waals surface area contributed by atoms with Gasteiger partial charge in [0.1, 0.15) is 12.2 Å². The highest BCUT2D eigenvalue weighted by Crippen LogP contribution is 2.25. The zero-order chi connectivity index (χ0) is 19.9. The van der Waals surface area contributed by atoms with Gasteiger partial charge < -0.3 is 20.3 Å². The molecule has 3 N–H and O–H groups in total. The minimum Gasteiger partial charge on any atom is -0.394 e. The molecule has 5 nitrogen and oxygen atoms in total. The van der Waals surface area contributed by atoms with E-state index in [2.05, 4.69) is 22.3 Å². The van der Waals surface area contributed by atoms with Crippen LogP contribution in [0.15, 0.2) is 54.6 Å². The third-order valence-corrected chi connectivity index (χ3v) is 5.55. The Morgan fingerprint density at radius 3 is 2.54 bits per heavy atom. The van der Waals surface area contributed by atoms with Crippen molar-refractivity contribution in [1.82, 2.24) is 10.2 Å². The number of rotatable bonds is 9. The molecule has 0 spiro atoms. The van der Waals surface area contributed by atoms with E-state index in [1.807, 2.05) is 49.5 Å². The van der Waals surface area contributed by atoms with Gasteiger partial charge >= 0.3 is 0 Å². The van der Waals surface area contributed by atoms with Crippen LogP contribution in [-0.2, 0) is 17.7 Å². The van der Waals surface area contributed by atoms with E-state index in [0.29, 0.717) is 18.1 Å². The van der Waals surface area contributed by atoms with Gasteiger partial charge in [-0.1, -0.05) is 54.1 Å². The Morgan fingerprint density at radius 2 is 1.82 bits per heavy atom. The molecule has 2 aromatic rings. The van der Waals surface area contributed by atoms with Gasteiger partial charge in [-0.25, -0.2) is 0 Å². The van der Waals surface area contributed by atoms with E-state index in [1.54, 1.807) is 0 Å². The van der Waals surface area contributed by atoms with E-state index in [9.17, 15) is 10.2 Å². The summed E-state index contributed by atoms with van der Waals surface area (Å²) in [6.45, 7) is 1.87. The zero-order valence-corrected chi connectivity index (χ0v) is 16.9. The maximum absolute atomic E-state index is 10.7. The molecule has 1 aliphatic rings. The van der Waals surface area contributed by atoms with Crippen LogP contribution in [-0.4, -0.2) is 66.2 Å². The largest absolute Gasteiger partial charge is 0.394 e. The second kappa shape index (κ2) is 10.3. The quantitative estimate of drug-likeness (QED) is 0.597. The van der Waals surface area contributed by atoms with E-state index in [4.69, 9.17) is 16.3 Å². The predicted octanol–water partition coefficient (Wildman–Crippen LogP) is 2.09. The van der Waals surface area contributed by atoms with E-state index >= 15 is 0 Å². The molecule has 152 valence electrons. The molecule has 4 atom stereocenters. The summed E-state index contributed by atoms with van der Waals surface area (Å²) in [5.74, 6) is 0. The van der Waals surface area contributed by atoms with E-state index < -0.39 is 12.2 Å². The van der Waals surface area contributed by atoms with Gasteiger partial charge in [0.15, 0.2) is 0 Å². The molecule has 0 saturated carbocycles. The van der Waals surface area contributed by atoms with Crippen LogP contribution in [0.3, 0.4) is 0 Å². The smallest absolute Gasteiger partial charge is 0.109 e. The Balaban J connectivity index is 1.57. The first-order valence-corrected chi connectivity index (χ1v) is 10.1. The van der Waals surface area contributed by atoms with Gasteiger partial charge in [0.05, 0.1) is 18.8 Å². The number of ether oxygens (including phenoxy) is 1. The number of aliphatic hydroxyl groups excluding tert-OH is 2. The summed E-state index contributed by atoms with van der Waals surface area (Å²) in [5.41, 5.74) is 2.36. The van der Waals surface area contributed by atoms with Gasteiger partial charge in [0, 0.05) is 24.7 Å². The fourth-order valence-corrected chi connectivity index (χ4v) is 4.01. The lowest BCUT2D eigenvalue weighted by molar-refractivity contribution is -0.0213. The van der Waals surface area contributed by atoms with Crippen LogP contribution >= 0.6 is 11.6 Å². The Labute approximate surface area is 171 Å². The van der Waals surface area contributed by atoms with Gasteiger partial charge in [0.2, 0.25) is 0 Å². The number of nitrogens with one attached hydrogen (secondary N) is 1. The molecule has 28 heavy (non-hydrogen) atoms. The van der Waals surface area contributed by atoms with Crippen LogP contribution in [0.5, 0.6) is 0 Å². The van der Waals surface area contributed by atoms with Crippen LogP contribution < -0.4 is 5.32 Å². The molecule has 1 fully saturated rings. The Morgan fingerprint density at radius 1 is 1.07 bits per heavy atom. The van der Waals surface area contributed by atoms with Crippen molar-refractivity contribution >= 4 is 11.6 Å². The van der Waals surface area contributed by atoms with Gasteiger partial charge in [-0.15, -0.1) is 0 Å². The molecule has 1 saturated heterocycles. The fourth-order valence-electron chi connectivity index (χ4n) is 3.79. The highest BCUT2D eigenvalue weighted by molar-refractivity contribution is 6.30. The first-order chi connectivity index (χ1) is 13.6. The molecule has 0 radical (unpaired) electrons. The average Bonchev–Trinajstić information content (AvgIpc) is 3.02. The summed E-state index contributed by atoms with van der Waals surface area (Å²) < 4.78 is 5.94. The van der Waals surface area contributed by atoms with Gasteiger partial charge in [-0.3, -0.25) is 4.90 Å². The normalized spacial score (nSPS) is 24.8. The van der Waals surface area contributed by atoms with Crippen LogP contribution in [0.2, 0.25) is 5.02 Å². The lowest BCUT2D eigenvalue weighted by Gasteiger charge is -2.30. The summed E-state index contributed by atoms with van der Waals surface area (Å²) in [7, 11) is 2.00. The lowest BCUT2D eigenvalue weighted by atomic mass is 10.0. The monoisotopic (exact) mass is 404 g/mol. The molecule has 0 bridgehead atoms. The number of hydrogen-bond donors (Lipinski definition) is 3. The van der Waals surface area contributed by atoms with Crippen molar-refractivity contribution in [2.75, 3.05) is 26.7 Å². The minimum atomic E-state index is -0.719. The summed E-state index contributed by atoms with van der Waals surface area (Å²) in [6.07, 6.45) is -0.578. The Hall–Kier alpha value is -1.47. The van der Waals surface area contributed by atoms with Gasteiger partial charge in [-0.2, -0.15) is 0 Å². The first-order valence-electron chi connectivity index (χ1n) is 9.72. The third kappa shape index (κ3) is 5.54. The summed E-state index contributed by atoms with van der Waals surface area (Å²) in [4.78, 5) is 2.14. The van der Waals surface area contributed by atoms with Crippen molar-refractivity contribution in [2.45, 2.75) is 37.3 Å². The molecule has 2 aromatic carbocycles. The fraction of sp³-hybridized carbons (Fsp3) is 0.455. The number of halogens is 1. The molecule has 0 unspecified atom stereocenters. The Bertz CT molecular complexity index is 731. The number of hydrogen-bond acceptors (Lipinski definition) is 5. The van der Waals surface area contributed by atoms with Crippen molar-refractivity contribution in [3.63, 3.8) is 0 Å². The Kier molecular flexibility index (Phi) is 7.85. The van der Waals surface area contributed by atoms with Crippen LogP contribution in [0.25, 0.3) is 0 Å². The van der Waals surface area contributed by atoms with Crippen LogP contribution in [0, 0.1) is 0 Å². The van der Waals surface area contributed by atoms with E-state index in [0.717, 1.165) is 18.5 Å². The van der Waals surface area contributed by atoms with E-state index in [-0.39, 0.29) is 18.8 Å². The predicted molar refractivity (Wildman–Crippen MR) is 111 cm³/mol. The number of likely N-dealkylation sites (N-methyl/N-ethyl adjacent to an activating group) is 1. The zero-order valence-electron chi connectivity index (χ0n) is 16.2. The topological polar surface area (TPSA) is 65.0 Å². The second-order valence-electron chi connectivity index (χ2n) is 7.35. The van der Waals surface area contributed by atoms with Crippen molar-refractivity contribution in [1.29, 1.82) is 0 Å². The van der Waals surface area contributed by atoms with Gasteiger partial charge in [-0.05, 0) is 36.7 Å². The van der Waals surface area contributed by atoms with Crippen LogP contribution in [0.4, 0.5) is 0 Å². The third-order valence-electron chi connectivity index (χ3n) is 5.31. The molecule has 1 aliphatic heterocycles. The van der Waals surface area contributed by atoms with Crippen molar-refractivity contribution < 1.29 is 14.9 Å². The molecule has 0 aliphatic carbocycles. The molecule has 0 amide bonds. The van der Waals surface area contributed by atoms with Crippen molar-refractivity contribution in [3.8, 4) is 0 Å². The number of nitrogens with zero attached hydrogens (tertiary/aromatic N) is 1. The highest BCUT2D eigenvalue weighted by atomic mass is 35.5.